The van der Waals surface area contributed by atoms with Gasteiger partial charge >= 0.3 is 12.1 Å². The third kappa shape index (κ3) is 5.29. The Bertz CT molecular complexity index is 595. The lowest BCUT2D eigenvalue weighted by molar-refractivity contribution is -0.145. The Kier molecular flexibility index (Phi) is 6.47. The third-order valence-corrected chi connectivity index (χ3v) is 9.05. The largest absolute Gasteiger partial charge is 0.468 e. The molecule has 1 rings (SSSR count). The molecule has 0 bridgehead atoms. The van der Waals surface area contributed by atoms with Gasteiger partial charge in [-0.2, -0.15) is 13.2 Å². The molecule has 0 aromatic heterocycles. The summed E-state index contributed by atoms with van der Waals surface area (Å²) in [6, 6.07) is 3.38. The van der Waals surface area contributed by atoms with Crippen molar-refractivity contribution in [1.29, 1.82) is 0 Å². The van der Waals surface area contributed by atoms with Crippen molar-refractivity contribution < 1.29 is 27.1 Å². The summed E-state index contributed by atoms with van der Waals surface area (Å²) in [4.78, 5) is 11.9. The SMILES string of the molecule is COC(=O)C(N)[C@H](O[Si](C)(C)C(C)(C)C)c1ccc(C(F)(F)F)cc1. The number of hydrogen-bond acceptors (Lipinski definition) is 4. The molecule has 0 fully saturated rings. The lowest BCUT2D eigenvalue weighted by Crippen LogP contribution is -2.48. The topological polar surface area (TPSA) is 61.5 Å². The number of esters is 1. The molecule has 0 heterocycles. The van der Waals surface area contributed by atoms with Crippen LogP contribution in [0.2, 0.25) is 18.1 Å². The average Bonchev–Trinajstić information content (AvgIpc) is 2.49. The molecular weight excluding hydrogens is 351 g/mol. The molecule has 0 saturated heterocycles. The highest BCUT2D eigenvalue weighted by Gasteiger charge is 2.42. The van der Waals surface area contributed by atoms with Gasteiger partial charge in [-0.15, -0.1) is 0 Å². The summed E-state index contributed by atoms with van der Waals surface area (Å²) in [5, 5.41) is -0.160. The summed E-state index contributed by atoms with van der Waals surface area (Å²) in [6.45, 7) is 10.0. The van der Waals surface area contributed by atoms with Gasteiger partial charge in [-0.1, -0.05) is 32.9 Å². The minimum Gasteiger partial charge on any atom is -0.468 e. The van der Waals surface area contributed by atoms with Crippen LogP contribution in [0, 0.1) is 0 Å². The number of alkyl halides is 3. The lowest BCUT2D eigenvalue weighted by Gasteiger charge is -2.40. The van der Waals surface area contributed by atoms with Crippen LogP contribution >= 0.6 is 0 Å². The summed E-state index contributed by atoms with van der Waals surface area (Å²) in [7, 11) is -1.13. The molecule has 0 radical (unpaired) electrons. The second kappa shape index (κ2) is 7.47. The smallest absolute Gasteiger partial charge is 0.416 e. The number of carbonyl (C=O) groups is 1. The molecular formula is C17H26F3NO3Si. The first kappa shape index (κ1) is 21.7. The number of benzene rings is 1. The van der Waals surface area contributed by atoms with Crippen molar-refractivity contribution in [3.63, 3.8) is 0 Å². The van der Waals surface area contributed by atoms with E-state index in [0.29, 0.717) is 5.56 Å². The predicted octanol–water partition coefficient (Wildman–Crippen LogP) is 4.27. The Balaban J connectivity index is 3.26. The fourth-order valence-electron chi connectivity index (χ4n) is 1.96. The van der Waals surface area contributed by atoms with E-state index in [1.165, 1.54) is 19.2 Å². The number of halogens is 3. The summed E-state index contributed by atoms with van der Waals surface area (Å²) >= 11 is 0. The Morgan fingerprint density at radius 2 is 1.60 bits per heavy atom. The zero-order valence-electron chi connectivity index (χ0n) is 15.4. The number of carbonyl (C=O) groups excluding carboxylic acids is 1. The second-order valence-corrected chi connectivity index (χ2v) is 12.2. The van der Waals surface area contributed by atoms with Gasteiger partial charge < -0.3 is 14.9 Å². The van der Waals surface area contributed by atoms with Gasteiger partial charge in [0.05, 0.1) is 18.8 Å². The van der Waals surface area contributed by atoms with Crippen LogP contribution in [0.5, 0.6) is 0 Å². The standard InChI is InChI=1S/C17H26F3NO3Si/c1-16(2,3)25(5,6)24-14(13(21)15(22)23-4)11-7-9-12(10-8-11)17(18,19)20/h7-10,13-14H,21H2,1-6H3/t13?,14-/m1/s1. The fourth-order valence-corrected chi connectivity index (χ4v) is 3.24. The van der Waals surface area contributed by atoms with Crippen LogP contribution in [0.25, 0.3) is 0 Å². The molecule has 0 aliphatic carbocycles. The zero-order chi connectivity index (χ0) is 19.6. The van der Waals surface area contributed by atoms with Gasteiger partial charge in [0.1, 0.15) is 6.04 Å². The first-order valence-corrected chi connectivity index (χ1v) is 10.8. The summed E-state index contributed by atoms with van der Waals surface area (Å²) in [6.07, 6.45) is -5.31. The first-order valence-electron chi connectivity index (χ1n) is 7.89. The van der Waals surface area contributed by atoms with Crippen molar-refractivity contribution in [3.05, 3.63) is 35.4 Å². The maximum absolute atomic E-state index is 12.8. The molecule has 2 atom stereocenters. The molecule has 1 aromatic rings. The number of hydrogen-bond donors (Lipinski definition) is 1. The van der Waals surface area contributed by atoms with E-state index < -0.39 is 38.2 Å². The summed E-state index contributed by atoms with van der Waals surface area (Å²) in [5.74, 6) is -0.677. The average molecular weight is 377 g/mol. The van der Waals surface area contributed by atoms with Crippen LogP contribution in [0.3, 0.4) is 0 Å². The van der Waals surface area contributed by atoms with Gasteiger partial charge in [0, 0.05) is 0 Å². The van der Waals surface area contributed by atoms with Crippen LogP contribution in [-0.4, -0.2) is 27.4 Å². The van der Waals surface area contributed by atoms with E-state index in [1.54, 1.807) is 0 Å². The van der Waals surface area contributed by atoms with Crippen molar-refractivity contribution in [2.24, 2.45) is 5.73 Å². The highest BCUT2D eigenvalue weighted by molar-refractivity contribution is 6.74. The maximum atomic E-state index is 12.8. The maximum Gasteiger partial charge on any atom is 0.416 e. The van der Waals surface area contributed by atoms with E-state index in [2.05, 4.69) is 4.74 Å². The van der Waals surface area contributed by atoms with Crippen LogP contribution in [0.4, 0.5) is 13.2 Å². The molecule has 2 N–H and O–H groups in total. The molecule has 0 saturated carbocycles. The third-order valence-electron chi connectivity index (χ3n) is 4.59. The molecule has 0 aliphatic heterocycles. The molecule has 8 heteroatoms. The van der Waals surface area contributed by atoms with Crippen LogP contribution in [-0.2, 0) is 20.1 Å². The predicted molar refractivity (Wildman–Crippen MR) is 92.5 cm³/mol. The number of nitrogens with two attached hydrogens (primary N) is 1. The molecule has 1 unspecified atom stereocenters. The second-order valence-electron chi connectivity index (χ2n) is 7.47. The van der Waals surface area contributed by atoms with Crippen molar-refractivity contribution >= 4 is 14.3 Å². The zero-order valence-corrected chi connectivity index (χ0v) is 16.4. The summed E-state index contributed by atoms with van der Waals surface area (Å²) < 4.78 is 49.2. The van der Waals surface area contributed by atoms with Crippen LogP contribution < -0.4 is 5.73 Å². The van der Waals surface area contributed by atoms with E-state index in [0.717, 1.165) is 12.1 Å². The van der Waals surface area contributed by atoms with Crippen molar-refractivity contribution in [3.8, 4) is 0 Å². The van der Waals surface area contributed by atoms with Crippen molar-refractivity contribution in [1.82, 2.24) is 0 Å². The minimum absolute atomic E-state index is 0.160. The molecule has 0 amide bonds. The number of rotatable bonds is 5. The molecule has 1 aromatic carbocycles. The van der Waals surface area contributed by atoms with Crippen molar-refractivity contribution in [2.75, 3.05) is 7.11 Å². The highest BCUT2D eigenvalue weighted by atomic mass is 28.4. The van der Waals surface area contributed by atoms with Crippen molar-refractivity contribution in [2.45, 2.75) is 57.2 Å². The first-order chi connectivity index (χ1) is 11.2. The normalized spacial score (nSPS) is 15.6. The quantitative estimate of drug-likeness (QED) is 0.615. The number of ether oxygens (including phenoxy) is 1. The van der Waals surface area contributed by atoms with Gasteiger partial charge in [0.15, 0.2) is 8.32 Å². The van der Waals surface area contributed by atoms with Gasteiger partial charge in [0.2, 0.25) is 0 Å². The molecule has 4 nitrogen and oxygen atoms in total. The van der Waals surface area contributed by atoms with E-state index in [9.17, 15) is 18.0 Å². The fraction of sp³-hybridized carbons (Fsp3) is 0.588. The lowest BCUT2D eigenvalue weighted by atomic mass is 10.0. The van der Waals surface area contributed by atoms with E-state index in [4.69, 9.17) is 10.2 Å². The van der Waals surface area contributed by atoms with E-state index in [1.807, 2.05) is 33.9 Å². The monoisotopic (exact) mass is 377 g/mol. The Labute approximate surface area is 147 Å². The Morgan fingerprint density at radius 3 is 1.96 bits per heavy atom. The Morgan fingerprint density at radius 1 is 1.12 bits per heavy atom. The highest BCUT2D eigenvalue weighted by Crippen LogP contribution is 2.41. The Hall–Kier alpha value is -1.38. The molecule has 0 spiro atoms. The molecule has 142 valence electrons. The van der Waals surface area contributed by atoms with Gasteiger partial charge in [-0.3, -0.25) is 4.79 Å². The van der Waals surface area contributed by atoms with Crippen LogP contribution in [0.1, 0.15) is 38.0 Å². The molecule has 0 aliphatic rings. The van der Waals surface area contributed by atoms with Gasteiger partial charge in [0.25, 0.3) is 0 Å². The van der Waals surface area contributed by atoms with E-state index >= 15 is 0 Å². The van der Waals surface area contributed by atoms with Gasteiger partial charge in [-0.05, 0) is 35.8 Å². The van der Waals surface area contributed by atoms with E-state index in [-0.39, 0.29) is 5.04 Å². The minimum atomic E-state index is -4.43. The number of methoxy groups -OCH3 is 1. The van der Waals surface area contributed by atoms with Gasteiger partial charge in [-0.25, -0.2) is 0 Å². The summed E-state index contributed by atoms with van der Waals surface area (Å²) in [5.41, 5.74) is 5.62. The molecule has 25 heavy (non-hydrogen) atoms. The van der Waals surface area contributed by atoms with Crippen LogP contribution in [0.15, 0.2) is 24.3 Å².